The number of benzene rings is 2. The molecule has 0 spiro atoms. The molecule has 0 atom stereocenters. The van der Waals surface area contributed by atoms with Crippen molar-refractivity contribution in [3.8, 4) is 0 Å². The molecule has 40 heavy (non-hydrogen) atoms. The third kappa shape index (κ3) is 8.65. The van der Waals surface area contributed by atoms with Gasteiger partial charge in [0.1, 0.15) is 13.2 Å². The second-order valence-corrected chi connectivity index (χ2v) is 8.14. The van der Waals surface area contributed by atoms with Gasteiger partial charge in [-0.2, -0.15) is 0 Å². The van der Waals surface area contributed by atoms with Crippen molar-refractivity contribution in [2.75, 3.05) is 13.1 Å². The van der Waals surface area contributed by atoms with Crippen LogP contribution in [0.4, 0.5) is 32.3 Å². The molecular weight excluding hydrogens is 540 g/mol. The molecule has 0 saturated heterocycles. The van der Waals surface area contributed by atoms with Crippen LogP contribution in [0.1, 0.15) is 36.8 Å². The minimum atomic E-state index is -1.18. The number of carbonyl (C=O) groups excluding carboxylic acids is 2. The third-order valence-electron chi connectivity index (χ3n) is 5.37. The average molecular weight is 564 g/mol. The number of hydrogen-bond donors (Lipinski definition) is 1. The Bertz CT molecular complexity index is 1210. The van der Waals surface area contributed by atoms with Crippen LogP contribution in [0.25, 0.3) is 0 Å². The zero-order valence-electron chi connectivity index (χ0n) is 20.8. The van der Waals surface area contributed by atoms with E-state index in [1.54, 1.807) is 0 Å². The van der Waals surface area contributed by atoms with Gasteiger partial charge in [-0.25, -0.2) is 14.5 Å². The van der Waals surface area contributed by atoms with Crippen molar-refractivity contribution in [3.05, 3.63) is 88.0 Å². The van der Waals surface area contributed by atoms with Crippen LogP contribution in [-0.4, -0.2) is 49.9 Å². The second kappa shape index (κ2) is 14.6. The fourth-order valence-corrected chi connectivity index (χ4v) is 3.39. The number of ether oxygens (including phenoxy) is 2. The molecule has 0 bridgehead atoms. The van der Waals surface area contributed by atoms with Crippen molar-refractivity contribution in [2.45, 2.75) is 38.9 Å². The largest absolute Gasteiger partial charge is 0.444 e. The van der Waals surface area contributed by atoms with Crippen molar-refractivity contribution in [1.82, 2.24) is 4.90 Å². The van der Waals surface area contributed by atoms with E-state index in [-0.39, 0.29) is 17.7 Å². The predicted octanol–water partition coefficient (Wildman–Crippen LogP) is 4.11. The molecule has 0 aliphatic rings. The molecule has 0 heterocycles. The van der Waals surface area contributed by atoms with Crippen LogP contribution < -0.4 is 5.73 Å². The van der Waals surface area contributed by atoms with Crippen LogP contribution in [0.3, 0.4) is 0 Å². The van der Waals surface area contributed by atoms with Gasteiger partial charge >= 0.3 is 34.9 Å². The molecule has 18 nitrogen and oxygen atoms in total. The van der Waals surface area contributed by atoms with Crippen LogP contribution in [0.15, 0.2) is 36.4 Å². The summed E-state index contributed by atoms with van der Waals surface area (Å²) in [7, 11) is 0. The highest BCUT2D eigenvalue weighted by Crippen LogP contribution is 2.29. The van der Waals surface area contributed by atoms with Crippen LogP contribution in [0.2, 0.25) is 0 Å². The van der Waals surface area contributed by atoms with E-state index >= 15 is 0 Å². The van der Waals surface area contributed by atoms with E-state index in [1.807, 2.05) is 0 Å². The van der Waals surface area contributed by atoms with Crippen molar-refractivity contribution in [3.63, 3.8) is 0 Å². The maximum Gasteiger partial charge on any atom is 0.419 e. The smallest absolute Gasteiger partial charge is 0.419 e. The minimum absolute atomic E-state index is 0.0418. The molecule has 0 aromatic heterocycles. The molecule has 0 aliphatic heterocycles. The quantitative estimate of drug-likeness (QED) is 0.193. The lowest BCUT2D eigenvalue weighted by Crippen LogP contribution is -2.38. The van der Waals surface area contributed by atoms with Gasteiger partial charge < -0.3 is 15.2 Å². The highest BCUT2D eigenvalue weighted by molar-refractivity contribution is 5.87. The van der Waals surface area contributed by atoms with Gasteiger partial charge in [0, 0.05) is 30.8 Å². The number of imide groups is 1. The van der Waals surface area contributed by atoms with Crippen LogP contribution in [-0.2, 0) is 22.7 Å². The Morgan fingerprint density at radius 2 is 1.05 bits per heavy atom. The topological polar surface area (TPSA) is 254 Å². The normalized spacial score (nSPS) is 10.4. The zero-order chi connectivity index (χ0) is 29.8. The Morgan fingerprint density at radius 3 is 1.43 bits per heavy atom. The first kappa shape index (κ1) is 31.0. The Balaban J connectivity index is 2.14. The number of unbranched alkanes of at least 4 members (excludes halogenated alkanes) is 3. The average Bonchev–Trinajstić information content (AvgIpc) is 2.91. The Hall–Kier alpha value is -5.26. The van der Waals surface area contributed by atoms with Crippen molar-refractivity contribution >= 4 is 34.9 Å². The van der Waals surface area contributed by atoms with E-state index in [0.29, 0.717) is 37.1 Å². The Morgan fingerprint density at radius 1 is 0.650 bits per heavy atom. The Labute approximate surface area is 224 Å². The fraction of sp³-hybridized carbons (Fsp3) is 0.364. The van der Waals surface area contributed by atoms with Crippen LogP contribution >= 0.6 is 0 Å². The molecule has 0 radical (unpaired) electrons. The van der Waals surface area contributed by atoms with Crippen LogP contribution in [0.5, 0.6) is 0 Å². The predicted molar refractivity (Wildman–Crippen MR) is 134 cm³/mol. The molecule has 2 rings (SSSR count). The summed E-state index contributed by atoms with van der Waals surface area (Å²) in [6.45, 7) is -0.827. The monoisotopic (exact) mass is 564 g/mol. The zero-order valence-corrected chi connectivity index (χ0v) is 20.8. The summed E-state index contributed by atoms with van der Waals surface area (Å²) >= 11 is 0. The maximum absolute atomic E-state index is 12.7. The summed E-state index contributed by atoms with van der Waals surface area (Å²) in [5, 5.41) is 44.3. The number of carbonyl (C=O) groups is 2. The van der Waals surface area contributed by atoms with Gasteiger partial charge in [-0.05, 0) is 42.6 Å². The van der Waals surface area contributed by atoms with E-state index in [9.17, 15) is 50.0 Å². The van der Waals surface area contributed by atoms with Crippen LogP contribution in [0, 0.1) is 40.5 Å². The highest BCUT2D eigenvalue weighted by atomic mass is 16.6. The van der Waals surface area contributed by atoms with Crippen molar-refractivity contribution in [1.29, 1.82) is 0 Å². The summed E-state index contributed by atoms with van der Waals surface area (Å²) in [4.78, 5) is 66.5. The fourth-order valence-electron chi connectivity index (χ4n) is 3.39. The number of nitrogens with zero attached hydrogens (tertiary/aromatic N) is 5. The van der Waals surface area contributed by atoms with Gasteiger partial charge in [-0.3, -0.25) is 40.5 Å². The molecule has 0 saturated carbocycles. The van der Waals surface area contributed by atoms with Gasteiger partial charge in [0.05, 0.1) is 19.7 Å². The van der Waals surface area contributed by atoms with E-state index in [0.717, 1.165) is 36.4 Å². The summed E-state index contributed by atoms with van der Waals surface area (Å²) in [5.74, 6) is 0. The van der Waals surface area contributed by atoms with E-state index in [1.165, 1.54) is 0 Å². The summed E-state index contributed by atoms with van der Waals surface area (Å²) in [6, 6.07) is 5.79. The lowest BCUT2D eigenvalue weighted by Gasteiger charge is -2.20. The van der Waals surface area contributed by atoms with Gasteiger partial charge in [-0.15, -0.1) is 0 Å². The standard InChI is InChI=1S/C22H24N6O12/c23-9-3-1-2-4-10-24(21(29)39-13-15-5-7-17(25(31)32)19(11-15)27(35)36)22(30)40-14-16-6-8-18(26(33)34)20(12-16)28(37)38/h5-8,11-12H,1-4,9-10,13-14,23H2. The third-order valence-corrected chi connectivity index (χ3v) is 5.37. The van der Waals surface area contributed by atoms with E-state index in [2.05, 4.69) is 0 Å². The molecule has 2 N–H and O–H groups in total. The van der Waals surface area contributed by atoms with Gasteiger partial charge in [0.15, 0.2) is 0 Å². The molecule has 214 valence electrons. The molecule has 2 aromatic rings. The number of rotatable bonds is 14. The number of nitrogens with two attached hydrogens (primary N) is 1. The van der Waals surface area contributed by atoms with Crippen molar-refractivity contribution in [2.24, 2.45) is 5.73 Å². The molecule has 2 aromatic carbocycles. The first-order valence-corrected chi connectivity index (χ1v) is 11.6. The van der Waals surface area contributed by atoms with E-state index in [4.69, 9.17) is 15.2 Å². The Kier molecular flexibility index (Phi) is 11.3. The lowest BCUT2D eigenvalue weighted by atomic mass is 10.2. The number of nitro groups is 4. The SMILES string of the molecule is NCCCCCCN(C(=O)OCc1ccc([N+](=O)[O-])c([N+](=O)[O-])c1)C(=O)OCc1ccc([N+](=O)[O-])c([N+](=O)[O-])c1. The van der Waals surface area contributed by atoms with E-state index < -0.39 is 67.8 Å². The van der Waals surface area contributed by atoms with Gasteiger partial charge in [0.25, 0.3) is 0 Å². The number of hydrogen-bond acceptors (Lipinski definition) is 13. The lowest BCUT2D eigenvalue weighted by molar-refractivity contribution is -0.422. The highest BCUT2D eigenvalue weighted by Gasteiger charge is 2.28. The second-order valence-electron chi connectivity index (χ2n) is 8.14. The minimum Gasteiger partial charge on any atom is -0.444 e. The first-order valence-electron chi connectivity index (χ1n) is 11.6. The molecule has 0 fully saturated rings. The summed E-state index contributed by atoms with van der Waals surface area (Å²) in [6.07, 6.45) is 0.00669. The van der Waals surface area contributed by atoms with Crippen molar-refractivity contribution < 1.29 is 38.8 Å². The summed E-state index contributed by atoms with van der Waals surface area (Å²) in [5.41, 5.74) is 2.40. The van der Waals surface area contributed by atoms with Gasteiger partial charge in [-0.1, -0.05) is 12.8 Å². The maximum atomic E-state index is 12.7. The molecular formula is C22H24N6O12. The number of nitro benzene ring substituents is 4. The molecule has 0 aliphatic carbocycles. The van der Waals surface area contributed by atoms with Gasteiger partial charge in [0.2, 0.25) is 0 Å². The number of amides is 2. The molecule has 2 amide bonds. The molecule has 18 heteroatoms. The molecule has 0 unspecified atom stereocenters. The summed E-state index contributed by atoms with van der Waals surface area (Å²) < 4.78 is 10.2. The first-order chi connectivity index (χ1) is 19.0.